The number of hydrogen-bond donors (Lipinski definition) is 2. The van der Waals surface area contributed by atoms with Gasteiger partial charge in [-0.1, -0.05) is 18.2 Å². The summed E-state index contributed by atoms with van der Waals surface area (Å²) in [5.74, 6) is 3.70. The number of hydrogen-bond acceptors (Lipinski definition) is 4. The van der Waals surface area contributed by atoms with Crippen LogP contribution < -0.4 is 15.4 Å². The van der Waals surface area contributed by atoms with Gasteiger partial charge in [0.05, 0.1) is 13.2 Å². The van der Waals surface area contributed by atoms with Crippen LogP contribution in [0.3, 0.4) is 0 Å². The molecule has 26 heavy (non-hydrogen) atoms. The normalized spacial score (nSPS) is 16.9. The monoisotopic (exact) mass is 356 g/mol. The van der Waals surface area contributed by atoms with Gasteiger partial charge in [0.2, 0.25) is 0 Å². The van der Waals surface area contributed by atoms with Crippen molar-refractivity contribution in [3.8, 4) is 5.75 Å². The smallest absolute Gasteiger partial charge is 0.191 e. The Morgan fingerprint density at radius 3 is 3.00 bits per heavy atom. The summed E-state index contributed by atoms with van der Waals surface area (Å²) in [6.07, 6.45) is 2.89. The third-order valence-electron chi connectivity index (χ3n) is 4.49. The van der Waals surface area contributed by atoms with Crippen LogP contribution in [0.2, 0.25) is 0 Å². The molecule has 7 nitrogen and oxygen atoms in total. The van der Waals surface area contributed by atoms with Gasteiger partial charge in [0.25, 0.3) is 0 Å². The van der Waals surface area contributed by atoms with Crippen LogP contribution in [0.15, 0.2) is 29.3 Å². The SMILES string of the molecule is CN=C(NCCCOc1ccccc1C)NC1CCc2nc(C)nn2C1. The summed E-state index contributed by atoms with van der Waals surface area (Å²) in [6, 6.07) is 8.41. The molecule has 2 aromatic rings. The third-order valence-corrected chi connectivity index (χ3v) is 4.49. The minimum atomic E-state index is 0.318. The average molecular weight is 356 g/mol. The summed E-state index contributed by atoms with van der Waals surface area (Å²) in [6.45, 7) is 6.32. The van der Waals surface area contributed by atoms with Gasteiger partial charge < -0.3 is 15.4 Å². The maximum Gasteiger partial charge on any atom is 0.191 e. The number of aromatic nitrogens is 3. The van der Waals surface area contributed by atoms with Crippen LogP contribution in [0.4, 0.5) is 0 Å². The molecule has 1 aromatic heterocycles. The highest BCUT2D eigenvalue weighted by Crippen LogP contribution is 2.16. The number of guanidine groups is 1. The van der Waals surface area contributed by atoms with Crippen molar-refractivity contribution < 1.29 is 4.74 Å². The number of aryl methyl sites for hydroxylation is 3. The van der Waals surface area contributed by atoms with E-state index in [-0.39, 0.29) is 0 Å². The molecule has 1 aliphatic heterocycles. The Labute approximate surface area is 154 Å². The fourth-order valence-corrected chi connectivity index (χ4v) is 3.12. The van der Waals surface area contributed by atoms with E-state index in [0.29, 0.717) is 12.6 Å². The molecule has 1 aromatic carbocycles. The number of nitrogens with one attached hydrogen (secondary N) is 2. The second-order valence-electron chi connectivity index (χ2n) is 6.60. The molecule has 7 heteroatoms. The van der Waals surface area contributed by atoms with Crippen LogP contribution in [-0.2, 0) is 13.0 Å². The zero-order chi connectivity index (χ0) is 18.4. The van der Waals surface area contributed by atoms with Gasteiger partial charge in [0.15, 0.2) is 5.96 Å². The number of fused-ring (bicyclic) bond motifs is 1. The predicted octanol–water partition coefficient (Wildman–Crippen LogP) is 1.84. The highest BCUT2D eigenvalue weighted by Gasteiger charge is 2.21. The Morgan fingerprint density at radius 1 is 1.35 bits per heavy atom. The molecule has 0 saturated heterocycles. The molecule has 140 valence electrons. The lowest BCUT2D eigenvalue weighted by molar-refractivity contribution is 0.309. The summed E-state index contributed by atoms with van der Waals surface area (Å²) in [5.41, 5.74) is 1.16. The first-order valence-corrected chi connectivity index (χ1v) is 9.21. The molecule has 1 unspecified atom stereocenters. The van der Waals surface area contributed by atoms with E-state index in [1.54, 1.807) is 7.05 Å². The summed E-state index contributed by atoms with van der Waals surface area (Å²) in [7, 11) is 1.80. The Kier molecular flexibility index (Phi) is 6.09. The predicted molar refractivity (Wildman–Crippen MR) is 103 cm³/mol. The fraction of sp³-hybridized carbons (Fsp3) is 0.526. The number of benzene rings is 1. The van der Waals surface area contributed by atoms with Gasteiger partial charge in [-0.3, -0.25) is 4.99 Å². The fourth-order valence-electron chi connectivity index (χ4n) is 3.12. The number of aliphatic imine (C=N–C) groups is 1. The molecule has 2 heterocycles. The largest absolute Gasteiger partial charge is 0.493 e. The molecule has 2 N–H and O–H groups in total. The summed E-state index contributed by atoms with van der Waals surface area (Å²) in [4.78, 5) is 8.77. The first-order valence-electron chi connectivity index (χ1n) is 9.21. The molecule has 3 rings (SSSR count). The first-order chi connectivity index (χ1) is 12.7. The summed E-state index contributed by atoms with van der Waals surface area (Å²) >= 11 is 0. The topological polar surface area (TPSA) is 76.4 Å². The molecule has 0 fully saturated rings. The van der Waals surface area contributed by atoms with Crippen molar-refractivity contribution in [2.24, 2.45) is 4.99 Å². The van der Waals surface area contributed by atoms with Crippen molar-refractivity contribution in [3.63, 3.8) is 0 Å². The Morgan fingerprint density at radius 2 is 2.19 bits per heavy atom. The van der Waals surface area contributed by atoms with Crippen molar-refractivity contribution in [1.82, 2.24) is 25.4 Å². The molecule has 1 atom stereocenters. The zero-order valence-electron chi connectivity index (χ0n) is 15.8. The van der Waals surface area contributed by atoms with Crippen molar-refractivity contribution in [3.05, 3.63) is 41.5 Å². The lowest BCUT2D eigenvalue weighted by atomic mass is 10.1. The lowest BCUT2D eigenvalue weighted by Crippen LogP contribution is -2.47. The highest BCUT2D eigenvalue weighted by atomic mass is 16.5. The number of ether oxygens (including phenoxy) is 1. The minimum absolute atomic E-state index is 0.318. The molecule has 1 aliphatic rings. The van der Waals surface area contributed by atoms with Gasteiger partial charge in [-0.25, -0.2) is 9.67 Å². The summed E-state index contributed by atoms with van der Waals surface area (Å²) in [5, 5.41) is 11.3. The van der Waals surface area contributed by atoms with Crippen molar-refractivity contribution in [2.45, 2.75) is 45.7 Å². The average Bonchev–Trinajstić information content (AvgIpc) is 3.01. The van der Waals surface area contributed by atoms with E-state index in [1.807, 2.05) is 29.8 Å². The number of rotatable bonds is 6. The van der Waals surface area contributed by atoms with Crippen LogP contribution in [0, 0.1) is 13.8 Å². The lowest BCUT2D eigenvalue weighted by Gasteiger charge is -2.25. The van der Waals surface area contributed by atoms with E-state index in [0.717, 1.165) is 61.3 Å². The van der Waals surface area contributed by atoms with Gasteiger partial charge in [0, 0.05) is 26.1 Å². The molecule has 0 bridgehead atoms. The standard InChI is InChI=1S/C19H28N6O/c1-14-7-4-5-8-17(14)26-12-6-11-21-19(20-3)23-16-9-10-18-22-15(2)24-25(18)13-16/h4-5,7-8,16H,6,9-13H2,1-3H3,(H2,20,21,23). The summed E-state index contributed by atoms with van der Waals surface area (Å²) < 4.78 is 7.82. The molecule has 0 spiro atoms. The Balaban J connectivity index is 1.38. The van der Waals surface area contributed by atoms with Crippen LogP contribution >= 0.6 is 0 Å². The van der Waals surface area contributed by atoms with E-state index in [1.165, 1.54) is 0 Å². The highest BCUT2D eigenvalue weighted by molar-refractivity contribution is 5.79. The van der Waals surface area contributed by atoms with Crippen molar-refractivity contribution in [1.29, 1.82) is 0 Å². The molecule has 0 saturated carbocycles. The Bertz CT molecular complexity index is 754. The number of para-hydroxylation sites is 1. The van der Waals surface area contributed by atoms with Crippen molar-refractivity contribution in [2.75, 3.05) is 20.2 Å². The van der Waals surface area contributed by atoms with E-state index < -0.39 is 0 Å². The van der Waals surface area contributed by atoms with Crippen LogP contribution in [0.25, 0.3) is 0 Å². The molecule has 0 aliphatic carbocycles. The molecular weight excluding hydrogens is 328 g/mol. The van der Waals surface area contributed by atoms with Gasteiger partial charge in [-0.15, -0.1) is 0 Å². The molecule has 0 amide bonds. The van der Waals surface area contributed by atoms with Gasteiger partial charge >= 0.3 is 0 Å². The quantitative estimate of drug-likeness (QED) is 0.469. The third kappa shape index (κ3) is 4.74. The van der Waals surface area contributed by atoms with Crippen LogP contribution in [-0.4, -0.2) is 47.0 Å². The van der Waals surface area contributed by atoms with E-state index >= 15 is 0 Å². The minimum Gasteiger partial charge on any atom is -0.493 e. The number of nitrogens with zero attached hydrogens (tertiary/aromatic N) is 4. The maximum atomic E-state index is 5.82. The van der Waals surface area contributed by atoms with E-state index in [2.05, 4.69) is 38.7 Å². The second kappa shape index (κ2) is 8.69. The maximum absolute atomic E-state index is 5.82. The molecular formula is C19H28N6O. The van der Waals surface area contributed by atoms with Gasteiger partial charge in [-0.05, 0) is 38.3 Å². The van der Waals surface area contributed by atoms with Gasteiger partial charge in [0.1, 0.15) is 17.4 Å². The van der Waals surface area contributed by atoms with E-state index in [9.17, 15) is 0 Å². The first kappa shape index (κ1) is 18.2. The van der Waals surface area contributed by atoms with Crippen molar-refractivity contribution >= 4 is 5.96 Å². The van der Waals surface area contributed by atoms with Gasteiger partial charge in [-0.2, -0.15) is 5.10 Å². The molecule has 0 radical (unpaired) electrons. The van der Waals surface area contributed by atoms with Crippen LogP contribution in [0.5, 0.6) is 5.75 Å². The van der Waals surface area contributed by atoms with Crippen LogP contribution in [0.1, 0.15) is 30.1 Å². The zero-order valence-corrected chi connectivity index (χ0v) is 15.8. The Hall–Kier alpha value is -2.57. The second-order valence-corrected chi connectivity index (χ2v) is 6.60. The van der Waals surface area contributed by atoms with E-state index in [4.69, 9.17) is 4.74 Å².